The monoisotopic (exact) mass is 247 g/mol. The van der Waals surface area contributed by atoms with Gasteiger partial charge in [0.15, 0.2) is 0 Å². The molecule has 0 spiro atoms. The van der Waals surface area contributed by atoms with Gasteiger partial charge >= 0.3 is 0 Å². The van der Waals surface area contributed by atoms with E-state index in [0.29, 0.717) is 12.5 Å². The van der Waals surface area contributed by atoms with Gasteiger partial charge in [-0.3, -0.25) is 0 Å². The molecule has 3 heteroatoms. The van der Waals surface area contributed by atoms with E-state index in [-0.39, 0.29) is 0 Å². The van der Waals surface area contributed by atoms with E-state index in [2.05, 4.69) is 37.8 Å². The minimum Gasteiger partial charge on any atom is -0.356 e. The zero-order valence-corrected chi connectivity index (χ0v) is 11.8. The van der Waals surface area contributed by atoms with E-state index in [9.17, 15) is 0 Å². The number of hydrogen-bond acceptors (Lipinski definition) is 3. The minimum absolute atomic E-state index is 0.458. The topological polar surface area (TPSA) is 42.1 Å². The predicted octanol–water partition coefficient (Wildman–Crippen LogP) is 2.90. The lowest BCUT2D eigenvalue weighted by atomic mass is 10.1. The molecule has 100 valence electrons. The molecule has 1 aliphatic heterocycles. The maximum absolute atomic E-state index is 5.79. The Morgan fingerprint density at radius 3 is 2.78 bits per heavy atom. The van der Waals surface area contributed by atoms with Gasteiger partial charge in [-0.25, -0.2) is 4.98 Å². The highest BCUT2D eigenvalue weighted by molar-refractivity contribution is 5.44. The van der Waals surface area contributed by atoms with Gasteiger partial charge in [-0.05, 0) is 36.0 Å². The summed E-state index contributed by atoms with van der Waals surface area (Å²) in [7, 11) is 0. The lowest BCUT2D eigenvalue weighted by Crippen LogP contribution is -2.21. The molecule has 0 amide bonds. The van der Waals surface area contributed by atoms with Crippen LogP contribution in [0.4, 0.5) is 5.82 Å². The molecule has 1 aromatic heterocycles. The van der Waals surface area contributed by atoms with Crippen LogP contribution in [0.25, 0.3) is 0 Å². The Kier molecular flexibility index (Phi) is 4.23. The summed E-state index contributed by atoms with van der Waals surface area (Å²) in [4.78, 5) is 7.22. The number of hydrogen-bond donors (Lipinski definition) is 1. The van der Waals surface area contributed by atoms with Crippen LogP contribution in [0, 0.1) is 5.92 Å². The molecule has 1 atom stereocenters. The van der Waals surface area contributed by atoms with Crippen LogP contribution in [0.15, 0.2) is 12.1 Å². The molecule has 0 saturated carbocycles. The smallest absolute Gasteiger partial charge is 0.129 e. The van der Waals surface area contributed by atoms with Crippen molar-refractivity contribution in [1.82, 2.24) is 4.98 Å². The first kappa shape index (κ1) is 13.3. The third-order valence-corrected chi connectivity index (χ3v) is 3.91. The highest BCUT2D eigenvalue weighted by atomic mass is 15.2. The second-order valence-electron chi connectivity index (χ2n) is 5.63. The summed E-state index contributed by atoms with van der Waals surface area (Å²) in [5, 5.41) is 0. The highest BCUT2D eigenvalue weighted by Crippen LogP contribution is 2.26. The van der Waals surface area contributed by atoms with Gasteiger partial charge in [-0.1, -0.05) is 27.2 Å². The Morgan fingerprint density at radius 1 is 1.44 bits per heavy atom. The van der Waals surface area contributed by atoms with E-state index in [0.717, 1.165) is 30.5 Å². The Bertz CT molecular complexity index is 401. The maximum atomic E-state index is 5.79. The fourth-order valence-electron chi connectivity index (χ4n) is 2.54. The summed E-state index contributed by atoms with van der Waals surface area (Å²) in [6.07, 6.45) is 2.56. The summed E-state index contributed by atoms with van der Waals surface area (Å²) in [6.45, 7) is 9.53. The van der Waals surface area contributed by atoms with Gasteiger partial charge in [0, 0.05) is 25.3 Å². The van der Waals surface area contributed by atoms with Crippen molar-refractivity contribution >= 4 is 5.82 Å². The molecule has 18 heavy (non-hydrogen) atoms. The first-order valence-corrected chi connectivity index (χ1v) is 7.10. The highest BCUT2D eigenvalue weighted by Gasteiger charge is 2.22. The van der Waals surface area contributed by atoms with E-state index in [1.54, 1.807) is 0 Å². The van der Waals surface area contributed by atoms with Crippen molar-refractivity contribution in [2.75, 3.05) is 18.0 Å². The molecule has 2 N–H and O–H groups in total. The summed E-state index contributed by atoms with van der Waals surface area (Å²) in [5.41, 5.74) is 8.15. The van der Waals surface area contributed by atoms with E-state index >= 15 is 0 Å². The Morgan fingerprint density at radius 2 is 2.22 bits per heavy atom. The molecule has 0 bridgehead atoms. The number of nitrogens with zero attached hydrogens (tertiary/aromatic N) is 2. The molecule has 3 nitrogen and oxygen atoms in total. The Balaban J connectivity index is 2.24. The molecular weight excluding hydrogens is 222 g/mol. The molecule has 1 saturated heterocycles. The van der Waals surface area contributed by atoms with Gasteiger partial charge in [0.1, 0.15) is 5.82 Å². The molecule has 2 rings (SSSR count). The van der Waals surface area contributed by atoms with Crippen LogP contribution in [-0.2, 0) is 6.54 Å². The van der Waals surface area contributed by atoms with Crippen LogP contribution in [0.1, 0.15) is 50.8 Å². The number of rotatable bonds is 4. The average molecular weight is 247 g/mol. The molecule has 0 radical (unpaired) electrons. The first-order chi connectivity index (χ1) is 8.63. The molecule has 0 aromatic carbocycles. The molecule has 1 unspecified atom stereocenters. The second kappa shape index (κ2) is 5.70. The molecular formula is C15H25N3. The number of aromatic nitrogens is 1. The van der Waals surface area contributed by atoms with E-state index in [1.165, 1.54) is 18.4 Å². The normalized spacial score (nSPS) is 19.8. The lowest BCUT2D eigenvalue weighted by molar-refractivity contribution is 0.568. The first-order valence-electron chi connectivity index (χ1n) is 7.10. The van der Waals surface area contributed by atoms with Crippen LogP contribution in [-0.4, -0.2) is 18.1 Å². The van der Waals surface area contributed by atoms with Gasteiger partial charge < -0.3 is 10.6 Å². The predicted molar refractivity (Wildman–Crippen MR) is 76.8 cm³/mol. The van der Waals surface area contributed by atoms with Crippen molar-refractivity contribution in [1.29, 1.82) is 0 Å². The Hall–Kier alpha value is -1.09. The van der Waals surface area contributed by atoms with E-state index in [1.807, 2.05) is 0 Å². The molecule has 2 heterocycles. The lowest BCUT2D eigenvalue weighted by Gasteiger charge is -2.20. The zero-order valence-electron chi connectivity index (χ0n) is 11.8. The molecule has 1 fully saturated rings. The van der Waals surface area contributed by atoms with Crippen molar-refractivity contribution in [3.05, 3.63) is 23.4 Å². The van der Waals surface area contributed by atoms with Crippen molar-refractivity contribution in [3.8, 4) is 0 Å². The van der Waals surface area contributed by atoms with Crippen LogP contribution < -0.4 is 10.6 Å². The number of nitrogens with two attached hydrogens (primary N) is 1. The maximum Gasteiger partial charge on any atom is 0.129 e. The molecule has 1 aliphatic rings. The van der Waals surface area contributed by atoms with Gasteiger partial charge in [-0.15, -0.1) is 0 Å². The quantitative estimate of drug-likeness (QED) is 0.889. The summed E-state index contributed by atoms with van der Waals surface area (Å²) in [5.74, 6) is 2.41. The fourth-order valence-corrected chi connectivity index (χ4v) is 2.54. The van der Waals surface area contributed by atoms with E-state index < -0.39 is 0 Å². The molecule has 1 aromatic rings. The fraction of sp³-hybridized carbons (Fsp3) is 0.667. The Labute approximate surface area is 110 Å². The van der Waals surface area contributed by atoms with Crippen molar-refractivity contribution in [3.63, 3.8) is 0 Å². The number of pyridine rings is 1. The van der Waals surface area contributed by atoms with Crippen LogP contribution in [0.5, 0.6) is 0 Å². The summed E-state index contributed by atoms with van der Waals surface area (Å²) in [6, 6.07) is 4.30. The molecule has 0 aliphatic carbocycles. The van der Waals surface area contributed by atoms with Crippen molar-refractivity contribution in [2.24, 2.45) is 11.7 Å². The van der Waals surface area contributed by atoms with Gasteiger partial charge in [0.2, 0.25) is 0 Å². The average Bonchev–Trinajstić information content (AvgIpc) is 2.86. The van der Waals surface area contributed by atoms with Gasteiger partial charge in [-0.2, -0.15) is 0 Å². The van der Waals surface area contributed by atoms with Gasteiger partial charge in [0.25, 0.3) is 0 Å². The minimum atomic E-state index is 0.458. The largest absolute Gasteiger partial charge is 0.356 e. The summed E-state index contributed by atoms with van der Waals surface area (Å²) < 4.78 is 0. The SMILES string of the molecule is CCC1CCN(c2cc(CN)cc(C(C)C)n2)C1. The zero-order chi connectivity index (χ0) is 13.1. The standard InChI is InChI=1S/C15H25N3/c1-4-12-5-6-18(10-12)15-8-13(9-16)7-14(17-15)11(2)3/h7-8,11-12H,4-6,9-10,16H2,1-3H3. The number of anilines is 1. The van der Waals surface area contributed by atoms with Gasteiger partial charge in [0.05, 0.1) is 0 Å². The third-order valence-electron chi connectivity index (χ3n) is 3.91. The van der Waals surface area contributed by atoms with E-state index in [4.69, 9.17) is 10.7 Å². The second-order valence-corrected chi connectivity index (χ2v) is 5.63. The van der Waals surface area contributed by atoms with Crippen LogP contribution in [0.2, 0.25) is 0 Å². The van der Waals surface area contributed by atoms with Crippen LogP contribution >= 0.6 is 0 Å². The van der Waals surface area contributed by atoms with Crippen molar-refractivity contribution < 1.29 is 0 Å². The van der Waals surface area contributed by atoms with Crippen molar-refractivity contribution in [2.45, 2.75) is 46.1 Å². The third kappa shape index (κ3) is 2.83. The van der Waals surface area contributed by atoms with Crippen LogP contribution in [0.3, 0.4) is 0 Å². The summed E-state index contributed by atoms with van der Waals surface area (Å²) >= 11 is 0.